The highest BCUT2D eigenvalue weighted by Gasteiger charge is 2.63. The van der Waals surface area contributed by atoms with Crippen LogP contribution in [0.5, 0.6) is 5.75 Å². The van der Waals surface area contributed by atoms with Crippen molar-refractivity contribution in [1.29, 1.82) is 0 Å². The molecule has 0 spiro atoms. The van der Waals surface area contributed by atoms with Crippen molar-refractivity contribution in [3.8, 4) is 5.75 Å². The van der Waals surface area contributed by atoms with Gasteiger partial charge in [-0.15, -0.1) is 0 Å². The second-order valence-electron chi connectivity index (χ2n) is 13.1. The number of carbonyl (C=O) groups excluding carboxylic acids is 1. The maximum atomic E-state index is 13.3. The lowest BCUT2D eigenvalue weighted by atomic mass is 9.89. The fraction of sp³-hybridized carbons (Fsp3) is 0.759. The third-order valence-corrected chi connectivity index (χ3v) is 8.15. The summed E-state index contributed by atoms with van der Waals surface area (Å²) in [5.74, 6) is -1.56. The Morgan fingerprint density at radius 3 is 1.85 bits per heavy atom. The largest absolute Gasteiger partial charge is 0.499 e. The Balaban J connectivity index is 3.66. The molecule has 0 radical (unpaired) electrons. The average molecular weight is 751 g/mol. The molecule has 1 rings (SSSR count). The first-order valence-electron chi connectivity index (χ1n) is 13.8. The van der Waals surface area contributed by atoms with Crippen molar-refractivity contribution >= 4 is 60.6 Å². The van der Waals surface area contributed by atoms with E-state index in [1.54, 1.807) is 39.8 Å². The van der Waals surface area contributed by atoms with Crippen LogP contribution < -0.4 is 10.1 Å². The van der Waals surface area contributed by atoms with Crippen molar-refractivity contribution in [2.45, 2.75) is 134 Å². The van der Waals surface area contributed by atoms with Gasteiger partial charge in [0.05, 0.1) is 27.9 Å². The van der Waals surface area contributed by atoms with E-state index in [2.05, 4.69) is 34.8 Å². The zero-order valence-corrected chi connectivity index (χ0v) is 30.9. The van der Waals surface area contributed by atoms with Gasteiger partial charge in [-0.05, 0) is 104 Å². The summed E-state index contributed by atoms with van der Waals surface area (Å²) >= 11 is 15.4. The third kappa shape index (κ3) is 12.6. The molecular weight excluding hydrogens is 703 g/mol. The van der Waals surface area contributed by atoms with Crippen LogP contribution >= 0.6 is 54.5 Å². The second kappa shape index (κ2) is 15.5. The third-order valence-electron chi connectivity index (χ3n) is 5.55. The molecule has 0 aromatic heterocycles. The van der Waals surface area contributed by atoms with E-state index in [1.807, 2.05) is 41.5 Å². The molecule has 2 unspecified atom stereocenters. The van der Waals surface area contributed by atoms with Crippen LogP contribution in [0.15, 0.2) is 12.1 Å². The number of benzene rings is 1. The van der Waals surface area contributed by atoms with Crippen LogP contribution in [0.1, 0.15) is 101 Å². The molecular formula is C29H48Cl2INO7P+. The van der Waals surface area contributed by atoms with Crippen molar-refractivity contribution in [3.05, 3.63) is 27.7 Å². The van der Waals surface area contributed by atoms with Gasteiger partial charge in [-0.2, -0.15) is 0 Å². The summed E-state index contributed by atoms with van der Waals surface area (Å²) in [7, 11) is -1.26. The summed E-state index contributed by atoms with van der Waals surface area (Å²) in [5.41, 5.74) is -3.12. The first-order valence-corrected chi connectivity index (χ1v) is 16.6. The standard InChI is InChI=1S/C29H47Cl2INO7P/c1-12-13-14-15-36-23-20(30)16-19(17-21(23)31)18-22(32)28(11,33-24(34)37-25(2,3)4)29(40-41-35,38-26(5,6)7)39-27(8,9)10/h16-17,22,41H,12-15,18H2,1-11H3/p+1/t22?,28-/m0/s1. The minimum absolute atomic E-state index is 0.344. The van der Waals surface area contributed by atoms with Crippen LogP contribution in [-0.4, -0.2) is 44.9 Å². The van der Waals surface area contributed by atoms with Gasteiger partial charge in [0, 0.05) is 3.92 Å². The molecule has 236 valence electrons. The molecule has 0 saturated heterocycles. The summed E-state index contributed by atoms with van der Waals surface area (Å²) in [6.45, 7) is 20.6. The van der Waals surface area contributed by atoms with E-state index in [9.17, 15) is 9.36 Å². The predicted molar refractivity (Wildman–Crippen MR) is 175 cm³/mol. The fourth-order valence-corrected chi connectivity index (χ4v) is 6.00. The number of halogens is 3. The van der Waals surface area contributed by atoms with Crippen molar-refractivity contribution in [3.63, 3.8) is 0 Å². The maximum absolute atomic E-state index is 13.3. The Bertz CT molecular complexity index is 985. The van der Waals surface area contributed by atoms with Crippen LogP contribution in [0.3, 0.4) is 0 Å². The molecule has 0 aliphatic rings. The molecule has 0 saturated carbocycles. The monoisotopic (exact) mass is 750 g/mol. The zero-order chi connectivity index (χ0) is 31.9. The molecule has 0 aliphatic heterocycles. The summed E-state index contributed by atoms with van der Waals surface area (Å²) in [6.07, 6.45) is 2.65. The van der Waals surface area contributed by atoms with Gasteiger partial charge in [0.15, 0.2) is 5.75 Å². The number of amides is 1. The lowest BCUT2D eigenvalue weighted by molar-refractivity contribution is -0.422. The Labute approximate surface area is 271 Å². The normalized spacial score (nSPS) is 15.4. The second-order valence-corrected chi connectivity index (χ2v) is 15.8. The van der Waals surface area contributed by atoms with Gasteiger partial charge in [0.25, 0.3) is 0 Å². The molecule has 1 amide bonds. The summed E-state index contributed by atoms with van der Waals surface area (Å²) in [5, 5.41) is 3.72. The number of unbranched alkanes of at least 4 members (excludes halogenated alkanes) is 2. The quantitative estimate of drug-likeness (QED) is 0.0666. The number of hydrogen-bond donors (Lipinski definition) is 1. The van der Waals surface area contributed by atoms with Crippen molar-refractivity contribution in [1.82, 2.24) is 5.32 Å². The molecule has 12 heteroatoms. The molecule has 3 atom stereocenters. The van der Waals surface area contributed by atoms with Crippen molar-refractivity contribution < 1.29 is 32.8 Å². The lowest BCUT2D eigenvalue weighted by Gasteiger charge is -2.50. The Morgan fingerprint density at radius 1 is 0.927 bits per heavy atom. The maximum Gasteiger partial charge on any atom is 0.499 e. The van der Waals surface area contributed by atoms with Crippen LogP contribution in [0.2, 0.25) is 10.0 Å². The van der Waals surface area contributed by atoms with E-state index >= 15 is 0 Å². The highest BCUT2D eigenvalue weighted by atomic mass is 127. The van der Waals surface area contributed by atoms with Crippen molar-refractivity contribution in [2.24, 2.45) is 0 Å². The molecule has 41 heavy (non-hydrogen) atoms. The minimum Gasteiger partial charge on any atom is -0.490 e. The number of alkyl carbamates (subject to hydrolysis) is 1. The van der Waals surface area contributed by atoms with Gasteiger partial charge in [0.1, 0.15) is 11.1 Å². The first kappa shape index (κ1) is 38.6. The summed E-state index contributed by atoms with van der Waals surface area (Å²) < 4.78 is 41.9. The van der Waals surface area contributed by atoms with E-state index in [1.165, 1.54) is 0 Å². The Kier molecular flexibility index (Phi) is 14.6. The van der Waals surface area contributed by atoms with Gasteiger partial charge in [-0.3, -0.25) is 0 Å². The van der Waals surface area contributed by atoms with Gasteiger partial charge in [0.2, 0.25) is 0 Å². The van der Waals surface area contributed by atoms with Crippen LogP contribution in [0, 0.1) is 0 Å². The van der Waals surface area contributed by atoms with Gasteiger partial charge < -0.3 is 24.3 Å². The summed E-state index contributed by atoms with van der Waals surface area (Å²) in [4.78, 5) is 13.3. The number of carbonyl (C=O) groups is 1. The predicted octanol–water partition coefficient (Wildman–Crippen LogP) is 9.43. The highest BCUT2D eigenvalue weighted by Crippen LogP contribution is 2.45. The molecule has 8 nitrogen and oxygen atoms in total. The van der Waals surface area contributed by atoms with E-state index in [-0.39, 0.29) is 0 Å². The molecule has 1 N–H and O–H groups in total. The number of nitrogens with one attached hydrogen (secondary N) is 1. The van der Waals surface area contributed by atoms with Gasteiger partial charge >= 0.3 is 20.8 Å². The fourth-order valence-electron chi connectivity index (χ4n) is 3.91. The lowest BCUT2D eigenvalue weighted by Crippen LogP contribution is -2.72. The van der Waals surface area contributed by atoms with Crippen LogP contribution in [0.25, 0.3) is 0 Å². The van der Waals surface area contributed by atoms with Crippen molar-refractivity contribution in [2.75, 3.05) is 6.61 Å². The average Bonchev–Trinajstić information content (AvgIpc) is 2.74. The first-order chi connectivity index (χ1) is 18.6. The van der Waals surface area contributed by atoms with E-state index in [4.69, 9.17) is 46.7 Å². The van der Waals surface area contributed by atoms with E-state index in [0.29, 0.717) is 28.8 Å². The smallest absolute Gasteiger partial charge is 0.490 e. The number of hydrogen-bond acceptors (Lipinski definition) is 7. The van der Waals surface area contributed by atoms with Crippen LogP contribution in [0.4, 0.5) is 4.79 Å². The van der Waals surface area contributed by atoms with E-state index in [0.717, 1.165) is 24.8 Å². The molecule has 0 fully saturated rings. The molecule has 1 aromatic carbocycles. The number of ether oxygens (including phenoxy) is 4. The molecule has 0 bridgehead atoms. The Hall–Kier alpha value is -0.420. The van der Waals surface area contributed by atoms with Gasteiger partial charge in [-0.25, -0.2) is 4.79 Å². The highest BCUT2D eigenvalue weighted by molar-refractivity contribution is 14.1. The van der Waals surface area contributed by atoms with E-state index < -0.39 is 47.0 Å². The summed E-state index contributed by atoms with van der Waals surface area (Å²) in [6, 6.07) is 3.57. The molecule has 1 aromatic rings. The minimum atomic E-state index is -2.00. The topological polar surface area (TPSA) is 92.3 Å². The van der Waals surface area contributed by atoms with Crippen LogP contribution in [-0.2, 0) is 29.7 Å². The number of rotatable bonds is 14. The molecule has 0 heterocycles. The number of alkyl halides is 1. The van der Waals surface area contributed by atoms with Gasteiger partial charge in [-0.1, -0.05) is 70.1 Å². The Morgan fingerprint density at radius 2 is 1.44 bits per heavy atom. The SMILES string of the molecule is CCCCCOc1c(Cl)cc(CC(I)[C@](C)(NC(=O)OC(C)(C)C)C(O[PH+]=O)(OC(C)(C)C)OC(C)(C)C)cc1Cl. The molecule has 0 aliphatic carbocycles. The zero-order valence-electron chi connectivity index (χ0n) is 26.3.